The molecule has 0 saturated heterocycles. The quantitative estimate of drug-likeness (QED) is 0.847. The maximum Gasteiger partial charge on any atom is 0.255 e. The molecule has 2 N–H and O–H groups in total. The second kappa shape index (κ2) is 7.46. The van der Waals surface area contributed by atoms with E-state index >= 15 is 0 Å². The molecule has 1 aliphatic heterocycles. The Morgan fingerprint density at radius 3 is 2.90 bits per heavy atom. The van der Waals surface area contributed by atoms with Gasteiger partial charge >= 0.3 is 0 Å². The van der Waals surface area contributed by atoms with Crippen molar-refractivity contribution in [1.82, 2.24) is 10.6 Å². The van der Waals surface area contributed by atoms with Crippen LogP contribution in [0.15, 0.2) is 18.2 Å². The van der Waals surface area contributed by atoms with Crippen molar-refractivity contribution < 1.29 is 9.53 Å². The van der Waals surface area contributed by atoms with E-state index < -0.39 is 0 Å². The molecule has 0 aromatic heterocycles. The third-order valence-electron chi connectivity index (χ3n) is 3.64. The molecule has 1 atom stereocenters. The number of amides is 1. The summed E-state index contributed by atoms with van der Waals surface area (Å²) in [6.45, 7) is 8.68. The van der Waals surface area contributed by atoms with Crippen LogP contribution < -0.4 is 15.4 Å². The van der Waals surface area contributed by atoms with E-state index in [1.54, 1.807) is 0 Å². The number of fused-ring (bicyclic) bond motifs is 1. The Balaban J connectivity index is 2.26. The predicted molar refractivity (Wildman–Crippen MR) is 84.8 cm³/mol. The number of rotatable bonds is 6. The van der Waals surface area contributed by atoms with Crippen LogP contribution in [0.3, 0.4) is 0 Å². The second-order valence-corrected chi connectivity index (χ2v) is 6.00. The smallest absolute Gasteiger partial charge is 0.255 e. The largest absolute Gasteiger partial charge is 0.491 e. The first-order valence-electron chi connectivity index (χ1n) is 7.90. The van der Waals surface area contributed by atoms with E-state index in [9.17, 15) is 4.79 Å². The molecule has 1 heterocycles. The first-order valence-corrected chi connectivity index (χ1v) is 7.90. The van der Waals surface area contributed by atoms with Gasteiger partial charge in [-0.1, -0.05) is 26.8 Å². The zero-order valence-electron chi connectivity index (χ0n) is 13.2. The lowest BCUT2D eigenvalue weighted by Crippen LogP contribution is -2.25. The average Bonchev–Trinajstić information content (AvgIpc) is 2.65. The van der Waals surface area contributed by atoms with Gasteiger partial charge in [-0.25, -0.2) is 0 Å². The number of ether oxygens (including phenoxy) is 1. The van der Waals surface area contributed by atoms with Crippen LogP contribution in [-0.4, -0.2) is 25.6 Å². The van der Waals surface area contributed by atoms with E-state index in [4.69, 9.17) is 4.74 Å². The zero-order chi connectivity index (χ0) is 15.2. The van der Waals surface area contributed by atoms with Gasteiger partial charge in [-0.05, 0) is 43.0 Å². The standard InChI is InChI=1S/C17H26N2O2/c1-4-7-18-15(10-12(2)3)13-5-6-16-14(11-13)17(20)19-8-9-21-16/h5-6,11-12,15,18H,4,7-10H2,1-3H3,(H,19,20). The minimum absolute atomic E-state index is 0.0388. The molecular formula is C17H26N2O2. The number of hydrogen-bond donors (Lipinski definition) is 2. The van der Waals surface area contributed by atoms with E-state index in [2.05, 4.69) is 37.5 Å². The van der Waals surface area contributed by atoms with Crippen LogP contribution >= 0.6 is 0 Å². The molecule has 1 aliphatic rings. The van der Waals surface area contributed by atoms with E-state index in [0.29, 0.717) is 30.4 Å². The van der Waals surface area contributed by atoms with E-state index in [1.807, 2.05) is 12.1 Å². The summed E-state index contributed by atoms with van der Waals surface area (Å²) >= 11 is 0. The molecule has 21 heavy (non-hydrogen) atoms. The summed E-state index contributed by atoms with van der Waals surface area (Å²) in [7, 11) is 0. The molecule has 116 valence electrons. The Morgan fingerprint density at radius 2 is 2.19 bits per heavy atom. The molecule has 1 aromatic rings. The highest BCUT2D eigenvalue weighted by molar-refractivity contribution is 5.97. The third kappa shape index (κ3) is 4.21. The van der Waals surface area contributed by atoms with E-state index in [1.165, 1.54) is 0 Å². The molecule has 4 nitrogen and oxygen atoms in total. The fraction of sp³-hybridized carbons (Fsp3) is 0.588. The SMILES string of the molecule is CCCNC(CC(C)C)c1ccc2c(c1)C(=O)NCCO2. The fourth-order valence-electron chi connectivity index (χ4n) is 2.62. The molecule has 0 radical (unpaired) electrons. The van der Waals surface area contributed by atoms with Crippen molar-refractivity contribution in [3.05, 3.63) is 29.3 Å². The van der Waals surface area contributed by atoms with Crippen molar-refractivity contribution in [3.8, 4) is 5.75 Å². The zero-order valence-corrected chi connectivity index (χ0v) is 13.2. The van der Waals surface area contributed by atoms with Gasteiger partial charge in [0, 0.05) is 6.04 Å². The average molecular weight is 290 g/mol. The Bertz CT molecular complexity index is 486. The summed E-state index contributed by atoms with van der Waals surface area (Å²) < 4.78 is 5.61. The highest BCUT2D eigenvalue weighted by atomic mass is 16.5. The first-order chi connectivity index (χ1) is 10.1. The number of carbonyl (C=O) groups excluding carboxylic acids is 1. The van der Waals surface area contributed by atoms with Crippen LogP contribution in [0.2, 0.25) is 0 Å². The number of carbonyl (C=O) groups is 1. The maximum absolute atomic E-state index is 12.1. The van der Waals surface area contributed by atoms with Crippen molar-refractivity contribution in [2.75, 3.05) is 19.7 Å². The molecule has 2 rings (SSSR count). The molecule has 0 aliphatic carbocycles. The normalized spacial score (nSPS) is 15.9. The van der Waals surface area contributed by atoms with Gasteiger partial charge in [0.25, 0.3) is 5.91 Å². The summed E-state index contributed by atoms with van der Waals surface area (Å²) in [5, 5.41) is 6.45. The fourth-order valence-corrected chi connectivity index (χ4v) is 2.62. The van der Waals surface area contributed by atoms with Crippen molar-refractivity contribution >= 4 is 5.91 Å². The molecule has 0 spiro atoms. The molecular weight excluding hydrogens is 264 g/mol. The molecule has 0 bridgehead atoms. The Morgan fingerprint density at radius 1 is 1.38 bits per heavy atom. The van der Waals surface area contributed by atoms with Gasteiger partial charge in [-0.15, -0.1) is 0 Å². The summed E-state index contributed by atoms with van der Waals surface area (Å²) in [4.78, 5) is 12.1. The van der Waals surface area contributed by atoms with Gasteiger partial charge in [0.15, 0.2) is 0 Å². The van der Waals surface area contributed by atoms with Gasteiger partial charge in [-0.3, -0.25) is 4.79 Å². The minimum atomic E-state index is -0.0388. The van der Waals surface area contributed by atoms with Gasteiger partial charge in [-0.2, -0.15) is 0 Å². The van der Waals surface area contributed by atoms with E-state index in [-0.39, 0.29) is 11.9 Å². The van der Waals surface area contributed by atoms with Crippen LogP contribution in [0.5, 0.6) is 5.75 Å². The van der Waals surface area contributed by atoms with Crippen molar-refractivity contribution in [2.24, 2.45) is 5.92 Å². The summed E-state index contributed by atoms with van der Waals surface area (Å²) in [6.07, 6.45) is 2.16. The maximum atomic E-state index is 12.1. The monoisotopic (exact) mass is 290 g/mol. The third-order valence-corrected chi connectivity index (χ3v) is 3.64. The van der Waals surface area contributed by atoms with Gasteiger partial charge in [0.2, 0.25) is 0 Å². The van der Waals surface area contributed by atoms with Gasteiger partial charge in [0.05, 0.1) is 12.1 Å². The van der Waals surface area contributed by atoms with E-state index in [0.717, 1.165) is 24.9 Å². The Labute approximate surface area is 127 Å². The van der Waals surface area contributed by atoms with Crippen LogP contribution in [-0.2, 0) is 0 Å². The van der Waals surface area contributed by atoms with Crippen LogP contribution in [0.25, 0.3) is 0 Å². The number of hydrogen-bond acceptors (Lipinski definition) is 3. The predicted octanol–water partition coefficient (Wildman–Crippen LogP) is 2.90. The topological polar surface area (TPSA) is 50.4 Å². The number of nitrogens with one attached hydrogen (secondary N) is 2. The van der Waals surface area contributed by atoms with Crippen LogP contribution in [0.1, 0.15) is 55.6 Å². The van der Waals surface area contributed by atoms with Crippen molar-refractivity contribution in [1.29, 1.82) is 0 Å². The molecule has 1 unspecified atom stereocenters. The summed E-state index contributed by atoms with van der Waals surface area (Å²) in [6, 6.07) is 6.27. The number of benzene rings is 1. The summed E-state index contributed by atoms with van der Waals surface area (Å²) in [5.74, 6) is 1.25. The Kier molecular flexibility index (Phi) is 5.62. The molecule has 0 fully saturated rings. The lowest BCUT2D eigenvalue weighted by Gasteiger charge is -2.22. The summed E-state index contributed by atoms with van der Waals surface area (Å²) in [5.41, 5.74) is 1.81. The molecule has 4 heteroatoms. The van der Waals surface area contributed by atoms with Gasteiger partial charge in [0.1, 0.15) is 12.4 Å². The van der Waals surface area contributed by atoms with Crippen molar-refractivity contribution in [3.63, 3.8) is 0 Å². The highest BCUT2D eigenvalue weighted by Gasteiger charge is 2.20. The lowest BCUT2D eigenvalue weighted by atomic mass is 9.95. The Hall–Kier alpha value is -1.55. The van der Waals surface area contributed by atoms with Crippen LogP contribution in [0.4, 0.5) is 0 Å². The first kappa shape index (κ1) is 15.8. The van der Waals surface area contributed by atoms with Gasteiger partial charge < -0.3 is 15.4 Å². The molecule has 0 saturated carbocycles. The highest BCUT2D eigenvalue weighted by Crippen LogP contribution is 2.28. The minimum Gasteiger partial charge on any atom is -0.491 e. The molecule has 1 amide bonds. The van der Waals surface area contributed by atoms with Crippen molar-refractivity contribution in [2.45, 2.75) is 39.7 Å². The lowest BCUT2D eigenvalue weighted by molar-refractivity contribution is 0.0957. The van der Waals surface area contributed by atoms with Crippen LogP contribution in [0, 0.1) is 5.92 Å². The molecule has 1 aromatic carbocycles. The second-order valence-electron chi connectivity index (χ2n) is 6.00.